The summed E-state index contributed by atoms with van der Waals surface area (Å²) in [6.45, 7) is 4.38. The van der Waals surface area contributed by atoms with Gasteiger partial charge in [0.1, 0.15) is 5.82 Å². The summed E-state index contributed by atoms with van der Waals surface area (Å²) in [6.07, 6.45) is -0.773. The summed E-state index contributed by atoms with van der Waals surface area (Å²) in [4.78, 5) is 16.3. The van der Waals surface area contributed by atoms with E-state index in [0.29, 0.717) is 35.9 Å². The maximum atomic E-state index is 13.6. The molecular weight excluding hydrogens is 386 g/mol. The largest absolute Gasteiger partial charge is 0.416 e. The molecular formula is C21H21F4N3O. The number of amides is 1. The number of carbonyl (C=O) groups excluding carboxylic acids is 1. The van der Waals surface area contributed by atoms with E-state index in [0.717, 1.165) is 17.8 Å². The molecule has 1 amide bonds. The second-order valence-electron chi connectivity index (χ2n) is 7.28. The quantitative estimate of drug-likeness (QED) is 0.708. The summed E-state index contributed by atoms with van der Waals surface area (Å²) in [5.74, 6) is -1.02. The van der Waals surface area contributed by atoms with Crippen LogP contribution in [0.25, 0.3) is 0 Å². The first-order valence-corrected chi connectivity index (χ1v) is 9.22. The minimum atomic E-state index is -4.61. The van der Waals surface area contributed by atoms with Crippen LogP contribution in [-0.2, 0) is 17.4 Å². The highest BCUT2D eigenvalue weighted by Crippen LogP contribution is 2.31. The summed E-state index contributed by atoms with van der Waals surface area (Å²) < 4.78 is 52.4. The van der Waals surface area contributed by atoms with E-state index in [-0.39, 0.29) is 23.8 Å². The third-order valence-electron chi connectivity index (χ3n) is 4.59. The van der Waals surface area contributed by atoms with Crippen LogP contribution >= 0.6 is 0 Å². The highest BCUT2D eigenvalue weighted by Gasteiger charge is 2.31. The van der Waals surface area contributed by atoms with Crippen molar-refractivity contribution in [1.29, 1.82) is 0 Å². The zero-order chi connectivity index (χ0) is 21.2. The van der Waals surface area contributed by atoms with E-state index in [1.54, 1.807) is 12.3 Å². The monoisotopic (exact) mass is 407 g/mol. The van der Waals surface area contributed by atoms with Gasteiger partial charge in [0.05, 0.1) is 17.4 Å². The van der Waals surface area contributed by atoms with Gasteiger partial charge in [-0.05, 0) is 47.7 Å². The molecule has 2 N–H and O–H groups in total. The van der Waals surface area contributed by atoms with Crippen molar-refractivity contribution in [1.82, 2.24) is 10.3 Å². The van der Waals surface area contributed by atoms with Crippen LogP contribution in [0.4, 0.5) is 23.2 Å². The summed E-state index contributed by atoms with van der Waals surface area (Å²) in [5.41, 5.74) is 1.90. The Hall–Kier alpha value is -2.90. The minimum Gasteiger partial charge on any atom is -0.357 e. The number of aromatic nitrogens is 1. The van der Waals surface area contributed by atoms with E-state index in [2.05, 4.69) is 15.6 Å². The molecule has 0 bridgehead atoms. The molecule has 0 fully saturated rings. The molecule has 2 aromatic rings. The second-order valence-corrected chi connectivity index (χ2v) is 7.28. The lowest BCUT2D eigenvalue weighted by Gasteiger charge is -2.24. The van der Waals surface area contributed by atoms with Gasteiger partial charge in [-0.3, -0.25) is 9.78 Å². The number of nitrogens with one attached hydrogen (secondary N) is 2. The van der Waals surface area contributed by atoms with Gasteiger partial charge in [-0.25, -0.2) is 4.39 Å². The maximum Gasteiger partial charge on any atom is 0.416 e. The number of pyridine rings is 1. The average molecular weight is 407 g/mol. The van der Waals surface area contributed by atoms with Crippen molar-refractivity contribution in [2.75, 3.05) is 11.9 Å². The van der Waals surface area contributed by atoms with Crippen LogP contribution in [0.15, 0.2) is 47.9 Å². The van der Waals surface area contributed by atoms with Crippen molar-refractivity contribution in [3.05, 3.63) is 70.4 Å². The molecule has 0 saturated heterocycles. The molecule has 0 radical (unpaired) electrons. The van der Waals surface area contributed by atoms with Gasteiger partial charge in [0.15, 0.2) is 0 Å². The van der Waals surface area contributed by atoms with E-state index in [9.17, 15) is 22.4 Å². The van der Waals surface area contributed by atoms with E-state index < -0.39 is 17.6 Å². The average Bonchev–Trinajstić information content (AvgIpc) is 2.60. The Morgan fingerprint density at radius 3 is 2.59 bits per heavy atom. The topological polar surface area (TPSA) is 54.0 Å². The highest BCUT2D eigenvalue weighted by atomic mass is 19.4. The Morgan fingerprint density at radius 1 is 1.14 bits per heavy atom. The van der Waals surface area contributed by atoms with Crippen molar-refractivity contribution in [3.63, 3.8) is 0 Å². The number of benzene rings is 1. The van der Waals surface area contributed by atoms with Crippen LogP contribution in [0, 0.1) is 11.7 Å². The molecule has 8 heteroatoms. The number of hydrogen-bond acceptors (Lipinski definition) is 3. The number of hydrogen-bond donors (Lipinski definition) is 2. The van der Waals surface area contributed by atoms with E-state index in [1.807, 2.05) is 13.8 Å². The van der Waals surface area contributed by atoms with Crippen molar-refractivity contribution in [3.8, 4) is 0 Å². The molecule has 1 aliphatic heterocycles. The SMILES string of the molecule is CC(C)C1=C(Nc2cncc(Cc3cc(F)cc(C(F)(F)F)c3)c2)CCNC1=O. The molecule has 2 heterocycles. The van der Waals surface area contributed by atoms with Gasteiger partial charge in [-0.2, -0.15) is 13.2 Å². The van der Waals surface area contributed by atoms with Gasteiger partial charge in [0.25, 0.3) is 0 Å². The summed E-state index contributed by atoms with van der Waals surface area (Å²) in [6, 6.07) is 4.24. The van der Waals surface area contributed by atoms with Crippen molar-refractivity contribution >= 4 is 11.6 Å². The van der Waals surface area contributed by atoms with Gasteiger partial charge >= 0.3 is 6.18 Å². The van der Waals surface area contributed by atoms with Crippen molar-refractivity contribution in [2.24, 2.45) is 5.92 Å². The summed E-state index contributed by atoms with van der Waals surface area (Å²) in [5, 5.41) is 6.03. The van der Waals surface area contributed by atoms with Crippen LogP contribution in [-0.4, -0.2) is 17.4 Å². The molecule has 29 heavy (non-hydrogen) atoms. The molecule has 0 atom stereocenters. The van der Waals surface area contributed by atoms with Crippen LogP contribution in [0.1, 0.15) is 37.0 Å². The first kappa shape index (κ1) is 20.8. The molecule has 1 aromatic carbocycles. The molecule has 0 unspecified atom stereocenters. The van der Waals surface area contributed by atoms with Crippen molar-refractivity contribution < 1.29 is 22.4 Å². The van der Waals surface area contributed by atoms with Gasteiger partial charge in [-0.15, -0.1) is 0 Å². The maximum absolute atomic E-state index is 13.6. The standard InChI is InChI=1S/C21H21F4N3O/c1-12(2)19-18(3-4-27-20(19)29)28-17-8-14(10-26-11-17)5-13-6-15(21(23,24)25)9-16(22)7-13/h6-12,28H,3-5H2,1-2H3,(H,27,29). The number of nitrogens with zero attached hydrogens (tertiary/aromatic N) is 1. The van der Waals surface area contributed by atoms with Crippen LogP contribution < -0.4 is 10.6 Å². The van der Waals surface area contributed by atoms with Gasteiger partial charge in [-0.1, -0.05) is 13.8 Å². The molecule has 3 rings (SSSR count). The van der Waals surface area contributed by atoms with Crippen molar-refractivity contribution in [2.45, 2.75) is 32.9 Å². The number of halogens is 4. The first-order valence-electron chi connectivity index (χ1n) is 9.22. The molecule has 1 aromatic heterocycles. The lowest BCUT2D eigenvalue weighted by molar-refractivity contribution is -0.137. The minimum absolute atomic E-state index is 0.0297. The van der Waals surface area contributed by atoms with Crippen LogP contribution in [0.5, 0.6) is 0 Å². The van der Waals surface area contributed by atoms with E-state index >= 15 is 0 Å². The molecule has 0 spiro atoms. The summed E-state index contributed by atoms with van der Waals surface area (Å²) >= 11 is 0. The zero-order valence-electron chi connectivity index (χ0n) is 16.0. The molecule has 4 nitrogen and oxygen atoms in total. The fourth-order valence-corrected chi connectivity index (χ4v) is 3.39. The Bertz CT molecular complexity index is 951. The lowest BCUT2D eigenvalue weighted by atomic mass is 9.96. The Morgan fingerprint density at radius 2 is 1.90 bits per heavy atom. The Kier molecular flexibility index (Phi) is 5.91. The molecule has 154 valence electrons. The number of rotatable bonds is 5. The first-order chi connectivity index (χ1) is 13.6. The van der Waals surface area contributed by atoms with Gasteiger partial charge in [0.2, 0.25) is 5.91 Å². The van der Waals surface area contributed by atoms with Crippen LogP contribution in [0.2, 0.25) is 0 Å². The molecule has 0 aliphatic carbocycles. The third-order valence-corrected chi connectivity index (χ3v) is 4.59. The normalized spacial score (nSPS) is 14.9. The predicted molar refractivity (Wildman–Crippen MR) is 102 cm³/mol. The molecule has 1 aliphatic rings. The number of anilines is 1. The lowest BCUT2D eigenvalue weighted by Crippen LogP contribution is -2.35. The Balaban J connectivity index is 1.85. The predicted octanol–water partition coefficient (Wildman–Crippen LogP) is 4.67. The fraction of sp³-hybridized carbons (Fsp3) is 0.333. The number of alkyl halides is 3. The smallest absolute Gasteiger partial charge is 0.357 e. The zero-order valence-corrected chi connectivity index (χ0v) is 16.0. The Labute approximate surface area is 166 Å². The van der Waals surface area contributed by atoms with Crippen LogP contribution in [0.3, 0.4) is 0 Å². The third kappa shape index (κ3) is 5.13. The number of carbonyl (C=O) groups is 1. The summed E-state index contributed by atoms with van der Waals surface area (Å²) in [7, 11) is 0. The second kappa shape index (κ2) is 8.23. The fourth-order valence-electron chi connectivity index (χ4n) is 3.39. The highest BCUT2D eigenvalue weighted by molar-refractivity contribution is 5.96. The van der Waals surface area contributed by atoms with E-state index in [4.69, 9.17) is 0 Å². The van der Waals surface area contributed by atoms with Gasteiger partial charge in [0, 0.05) is 30.4 Å². The molecule has 0 saturated carbocycles. The van der Waals surface area contributed by atoms with E-state index in [1.165, 1.54) is 6.20 Å². The van der Waals surface area contributed by atoms with Gasteiger partial charge < -0.3 is 10.6 Å².